The number of likely N-dealkylation sites (N-methyl/N-ethyl adjacent to an activating group) is 1. The largest absolute Gasteiger partial charge is 0.353 e. The molecule has 0 saturated carbocycles. The van der Waals surface area contributed by atoms with Gasteiger partial charge in [-0.1, -0.05) is 0 Å². The number of hydrogen-bond acceptors (Lipinski definition) is 3. The van der Waals surface area contributed by atoms with E-state index in [2.05, 4.69) is 16.0 Å². The van der Waals surface area contributed by atoms with Crippen LogP contribution in [0.5, 0.6) is 0 Å². The van der Waals surface area contributed by atoms with Crippen LogP contribution in [0.15, 0.2) is 0 Å². The van der Waals surface area contributed by atoms with Gasteiger partial charge in [-0.05, 0) is 20.0 Å². The maximum atomic E-state index is 11.1. The van der Waals surface area contributed by atoms with Gasteiger partial charge in [-0.3, -0.25) is 4.79 Å². The molecule has 3 N–H and O–H groups in total. The third-order valence-electron chi connectivity index (χ3n) is 1.81. The third-order valence-corrected chi connectivity index (χ3v) is 1.81. The van der Waals surface area contributed by atoms with E-state index in [1.807, 2.05) is 7.05 Å². The number of carbonyl (C=O) groups excluding carboxylic acids is 1. The van der Waals surface area contributed by atoms with E-state index < -0.39 is 0 Å². The Hall–Kier alpha value is -0.610. The van der Waals surface area contributed by atoms with Crippen molar-refractivity contribution in [3.8, 4) is 0 Å². The van der Waals surface area contributed by atoms with E-state index >= 15 is 0 Å². The summed E-state index contributed by atoms with van der Waals surface area (Å²) in [6.45, 7) is 2.52. The lowest BCUT2D eigenvalue weighted by Crippen LogP contribution is -2.53. The first kappa shape index (κ1) is 8.49. The van der Waals surface area contributed by atoms with E-state index in [4.69, 9.17) is 0 Å². The summed E-state index contributed by atoms with van der Waals surface area (Å²) in [6, 6.07) is 0.0758. The first-order valence-electron chi connectivity index (χ1n) is 4.00. The molecule has 0 radical (unpaired) electrons. The van der Waals surface area contributed by atoms with Crippen molar-refractivity contribution in [3.05, 3.63) is 0 Å². The fourth-order valence-corrected chi connectivity index (χ4v) is 0.946. The number of rotatable bonds is 4. The minimum absolute atomic E-state index is 0.0758. The molecule has 1 amide bonds. The number of hydrogen-bond donors (Lipinski definition) is 3. The highest BCUT2D eigenvalue weighted by molar-refractivity contribution is 5.82. The summed E-state index contributed by atoms with van der Waals surface area (Å²) in [7, 11) is 1.87. The van der Waals surface area contributed by atoms with Gasteiger partial charge in [-0.15, -0.1) is 0 Å². The van der Waals surface area contributed by atoms with Crippen molar-refractivity contribution in [2.45, 2.75) is 12.5 Å². The Balaban J connectivity index is 2.01. The molecule has 64 valence electrons. The van der Waals surface area contributed by atoms with E-state index in [-0.39, 0.29) is 11.9 Å². The summed E-state index contributed by atoms with van der Waals surface area (Å²) in [5.41, 5.74) is 0. The second kappa shape index (κ2) is 4.31. The van der Waals surface area contributed by atoms with Crippen molar-refractivity contribution in [1.29, 1.82) is 0 Å². The Kier molecular flexibility index (Phi) is 3.32. The first-order chi connectivity index (χ1) is 5.34. The van der Waals surface area contributed by atoms with Crippen LogP contribution in [-0.2, 0) is 4.79 Å². The fourth-order valence-electron chi connectivity index (χ4n) is 0.946. The average molecular weight is 157 g/mol. The zero-order valence-electron chi connectivity index (χ0n) is 6.81. The minimum atomic E-state index is 0.0758. The van der Waals surface area contributed by atoms with E-state index in [1.165, 1.54) is 0 Å². The minimum Gasteiger partial charge on any atom is -0.353 e. The SMILES string of the molecule is CNCCNC(=O)[C@H]1CCN1. The normalized spacial score (nSPS) is 22.5. The van der Waals surface area contributed by atoms with Crippen LogP contribution >= 0.6 is 0 Å². The van der Waals surface area contributed by atoms with Gasteiger partial charge in [0.1, 0.15) is 0 Å². The summed E-state index contributed by atoms with van der Waals surface area (Å²) < 4.78 is 0. The molecule has 1 aliphatic heterocycles. The second-order valence-corrected chi connectivity index (χ2v) is 2.69. The summed E-state index contributed by atoms with van der Waals surface area (Å²) in [4.78, 5) is 11.1. The van der Waals surface area contributed by atoms with Crippen molar-refractivity contribution in [2.24, 2.45) is 0 Å². The zero-order valence-corrected chi connectivity index (χ0v) is 6.81. The molecule has 1 atom stereocenters. The van der Waals surface area contributed by atoms with Crippen molar-refractivity contribution < 1.29 is 4.79 Å². The summed E-state index contributed by atoms with van der Waals surface area (Å²) >= 11 is 0. The quantitative estimate of drug-likeness (QED) is 0.444. The molecule has 1 saturated heterocycles. The molecule has 1 fully saturated rings. The van der Waals surface area contributed by atoms with Gasteiger partial charge in [0, 0.05) is 13.1 Å². The molecule has 11 heavy (non-hydrogen) atoms. The molecule has 1 heterocycles. The molecule has 0 unspecified atom stereocenters. The molecule has 0 aromatic heterocycles. The van der Waals surface area contributed by atoms with Gasteiger partial charge in [0.2, 0.25) is 5.91 Å². The standard InChI is InChI=1S/C7H15N3O/c1-8-4-5-10-7(11)6-2-3-9-6/h6,8-9H,2-5H2,1H3,(H,10,11)/t6-/m1/s1. The molecule has 0 aliphatic carbocycles. The zero-order chi connectivity index (χ0) is 8.10. The van der Waals surface area contributed by atoms with Crippen LogP contribution in [0, 0.1) is 0 Å². The molecule has 4 nitrogen and oxygen atoms in total. The Morgan fingerprint density at radius 3 is 2.82 bits per heavy atom. The molecular weight excluding hydrogens is 142 g/mol. The van der Waals surface area contributed by atoms with Crippen LogP contribution in [-0.4, -0.2) is 38.6 Å². The van der Waals surface area contributed by atoms with Crippen molar-refractivity contribution in [3.63, 3.8) is 0 Å². The van der Waals surface area contributed by atoms with E-state index in [0.29, 0.717) is 6.54 Å². The molecule has 0 aromatic rings. The predicted molar refractivity (Wildman–Crippen MR) is 43.3 cm³/mol. The summed E-state index contributed by atoms with van der Waals surface area (Å²) in [6.07, 6.45) is 0.978. The highest BCUT2D eigenvalue weighted by atomic mass is 16.2. The molecule has 0 aromatic carbocycles. The Morgan fingerprint density at radius 1 is 1.64 bits per heavy atom. The topological polar surface area (TPSA) is 53.2 Å². The molecule has 1 aliphatic rings. The van der Waals surface area contributed by atoms with Crippen LogP contribution in [0.1, 0.15) is 6.42 Å². The van der Waals surface area contributed by atoms with E-state index in [9.17, 15) is 4.79 Å². The lowest BCUT2D eigenvalue weighted by Gasteiger charge is -2.26. The van der Waals surface area contributed by atoms with Gasteiger partial charge in [-0.2, -0.15) is 0 Å². The number of amides is 1. The third kappa shape index (κ3) is 2.48. The van der Waals surface area contributed by atoms with Crippen molar-refractivity contribution in [2.75, 3.05) is 26.7 Å². The highest BCUT2D eigenvalue weighted by Crippen LogP contribution is 2.00. The maximum Gasteiger partial charge on any atom is 0.237 e. The van der Waals surface area contributed by atoms with Crippen LogP contribution in [0.3, 0.4) is 0 Å². The Morgan fingerprint density at radius 2 is 2.36 bits per heavy atom. The van der Waals surface area contributed by atoms with Crippen LogP contribution < -0.4 is 16.0 Å². The summed E-state index contributed by atoms with van der Waals surface area (Å²) in [5, 5.41) is 8.82. The van der Waals surface area contributed by atoms with E-state index in [0.717, 1.165) is 19.5 Å². The molecular formula is C7H15N3O. The average Bonchev–Trinajstić information content (AvgIpc) is 1.84. The predicted octanol–water partition coefficient (Wildman–Crippen LogP) is -1.32. The fraction of sp³-hybridized carbons (Fsp3) is 0.857. The van der Waals surface area contributed by atoms with Crippen LogP contribution in [0.4, 0.5) is 0 Å². The van der Waals surface area contributed by atoms with Crippen molar-refractivity contribution in [1.82, 2.24) is 16.0 Å². The Labute approximate surface area is 66.7 Å². The second-order valence-electron chi connectivity index (χ2n) is 2.69. The lowest BCUT2D eigenvalue weighted by molar-refractivity contribution is -0.124. The van der Waals surface area contributed by atoms with Crippen LogP contribution in [0.2, 0.25) is 0 Å². The highest BCUT2D eigenvalue weighted by Gasteiger charge is 2.23. The Bertz CT molecular complexity index is 134. The van der Waals surface area contributed by atoms with Gasteiger partial charge in [0.25, 0.3) is 0 Å². The molecule has 0 spiro atoms. The number of carbonyl (C=O) groups is 1. The number of nitrogens with one attached hydrogen (secondary N) is 3. The van der Waals surface area contributed by atoms with E-state index in [1.54, 1.807) is 0 Å². The maximum absolute atomic E-state index is 11.1. The van der Waals surface area contributed by atoms with Gasteiger partial charge < -0.3 is 16.0 Å². The smallest absolute Gasteiger partial charge is 0.237 e. The van der Waals surface area contributed by atoms with Gasteiger partial charge >= 0.3 is 0 Å². The summed E-state index contributed by atoms with van der Waals surface area (Å²) in [5.74, 6) is 0.131. The molecule has 0 bridgehead atoms. The van der Waals surface area contributed by atoms with Crippen molar-refractivity contribution >= 4 is 5.91 Å². The van der Waals surface area contributed by atoms with Gasteiger partial charge in [0.05, 0.1) is 6.04 Å². The molecule has 4 heteroatoms. The van der Waals surface area contributed by atoms with Gasteiger partial charge in [0.15, 0.2) is 0 Å². The lowest BCUT2D eigenvalue weighted by atomic mass is 10.1. The van der Waals surface area contributed by atoms with Crippen LogP contribution in [0.25, 0.3) is 0 Å². The monoisotopic (exact) mass is 157 g/mol. The van der Waals surface area contributed by atoms with Gasteiger partial charge in [-0.25, -0.2) is 0 Å². The first-order valence-corrected chi connectivity index (χ1v) is 4.00. The molecule has 1 rings (SSSR count).